The molecule has 0 radical (unpaired) electrons. The molecule has 0 spiro atoms. The summed E-state index contributed by atoms with van der Waals surface area (Å²) in [5, 5.41) is 6.38. The van der Waals surface area contributed by atoms with E-state index in [1.54, 1.807) is 18.2 Å². The fourth-order valence-electron chi connectivity index (χ4n) is 2.52. The number of ether oxygens (including phenoxy) is 1. The second kappa shape index (κ2) is 10.2. The van der Waals surface area contributed by atoms with E-state index in [0.717, 1.165) is 31.8 Å². The Balaban J connectivity index is 0.00000242. The molecule has 1 aliphatic rings. The molecule has 1 aromatic carbocycles. The highest BCUT2D eigenvalue weighted by Crippen LogP contribution is 2.14. The first-order valence-corrected chi connectivity index (χ1v) is 7.62. The van der Waals surface area contributed by atoms with Crippen LogP contribution >= 0.6 is 12.4 Å². The third-order valence-electron chi connectivity index (χ3n) is 3.72. The lowest BCUT2D eigenvalue weighted by Gasteiger charge is -2.22. The summed E-state index contributed by atoms with van der Waals surface area (Å²) >= 11 is 0. The third kappa shape index (κ3) is 6.08. The monoisotopic (exact) mass is 324 g/mol. The smallest absolute Gasteiger partial charge is 0.251 e. The number of nitrogens with one attached hydrogen (secondary N) is 2. The molecule has 0 saturated carbocycles. The van der Waals surface area contributed by atoms with E-state index < -0.39 is 0 Å². The van der Waals surface area contributed by atoms with Crippen LogP contribution in [0.5, 0.6) is 5.75 Å². The molecule has 1 aromatic rings. The summed E-state index contributed by atoms with van der Waals surface area (Å²) in [7, 11) is 0. The minimum Gasteiger partial charge on any atom is -0.490 e. The SMILES string of the molecule is C=CCOc1ccc(C(=O)NCCC2CCCNC2)cc1.Cl. The summed E-state index contributed by atoms with van der Waals surface area (Å²) in [6.07, 6.45) is 5.24. The highest BCUT2D eigenvalue weighted by molar-refractivity contribution is 5.94. The first-order valence-electron chi connectivity index (χ1n) is 7.62. The summed E-state index contributed by atoms with van der Waals surface area (Å²) in [4.78, 5) is 12.0. The number of rotatable bonds is 7. The Hall–Kier alpha value is -1.52. The van der Waals surface area contributed by atoms with Gasteiger partial charge in [0.15, 0.2) is 0 Å². The highest BCUT2D eigenvalue weighted by atomic mass is 35.5. The number of amides is 1. The molecule has 122 valence electrons. The zero-order chi connectivity index (χ0) is 14.9. The van der Waals surface area contributed by atoms with Gasteiger partial charge in [0, 0.05) is 12.1 Å². The molecule has 1 amide bonds. The van der Waals surface area contributed by atoms with Gasteiger partial charge in [-0.1, -0.05) is 12.7 Å². The van der Waals surface area contributed by atoms with Crippen molar-refractivity contribution in [1.82, 2.24) is 10.6 Å². The van der Waals surface area contributed by atoms with Gasteiger partial charge < -0.3 is 15.4 Å². The van der Waals surface area contributed by atoms with Gasteiger partial charge in [-0.05, 0) is 62.5 Å². The Bertz CT molecular complexity index is 456. The van der Waals surface area contributed by atoms with E-state index in [-0.39, 0.29) is 18.3 Å². The van der Waals surface area contributed by atoms with Crippen LogP contribution in [0.25, 0.3) is 0 Å². The number of hydrogen-bond donors (Lipinski definition) is 2. The van der Waals surface area contributed by atoms with Crippen molar-refractivity contribution in [3.8, 4) is 5.75 Å². The van der Waals surface area contributed by atoms with E-state index in [4.69, 9.17) is 4.74 Å². The van der Waals surface area contributed by atoms with Crippen molar-refractivity contribution in [2.75, 3.05) is 26.2 Å². The molecule has 22 heavy (non-hydrogen) atoms. The first kappa shape index (κ1) is 18.5. The summed E-state index contributed by atoms with van der Waals surface area (Å²) in [5.74, 6) is 1.42. The molecule has 1 heterocycles. The molecule has 1 fully saturated rings. The van der Waals surface area contributed by atoms with Crippen molar-refractivity contribution in [1.29, 1.82) is 0 Å². The molecule has 2 rings (SSSR count). The maximum Gasteiger partial charge on any atom is 0.251 e. The first-order chi connectivity index (χ1) is 10.3. The van der Waals surface area contributed by atoms with Crippen molar-refractivity contribution in [3.05, 3.63) is 42.5 Å². The van der Waals surface area contributed by atoms with Crippen LogP contribution < -0.4 is 15.4 Å². The second-order valence-corrected chi connectivity index (χ2v) is 5.38. The lowest BCUT2D eigenvalue weighted by Crippen LogP contribution is -2.33. The quantitative estimate of drug-likeness (QED) is 0.758. The van der Waals surface area contributed by atoms with Gasteiger partial charge in [-0.3, -0.25) is 4.79 Å². The van der Waals surface area contributed by atoms with Gasteiger partial charge in [0.05, 0.1) is 0 Å². The second-order valence-electron chi connectivity index (χ2n) is 5.38. The highest BCUT2D eigenvalue weighted by Gasteiger charge is 2.13. The number of piperidine rings is 1. The lowest BCUT2D eigenvalue weighted by molar-refractivity contribution is 0.0950. The van der Waals surface area contributed by atoms with E-state index in [9.17, 15) is 4.79 Å². The minimum absolute atomic E-state index is 0. The van der Waals surface area contributed by atoms with E-state index >= 15 is 0 Å². The number of benzene rings is 1. The van der Waals surface area contributed by atoms with Crippen molar-refractivity contribution >= 4 is 18.3 Å². The predicted molar refractivity (Wildman–Crippen MR) is 91.9 cm³/mol. The van der Waals surface area contributed by atoms with Gasteiger partial charge in [0.25, 0.3) is 5.91 Å². The Morgan fingerprint density at radius 1 is 1.41 bits per heavy atom. The standard InChI is InChI=1S/C17H24N2O2.ClH/c1-2-12-21-16-7-5-15(6-8-16)17(20)19-11-9-14-4-3-10-18-13-14;/h2,5-8,14,18H,1,3-4,9-13H2,(H,19,20);1H. The van der Waals surface area contributed by atoms with Crippen LogP contribution in [0.4, 0.5) is 0 Å². The number of halogens is 1. The maximum absolute atomic E-state index is 12.0. The average molecular weight is 325 g/mol. The van der Waals surface area contributed by atoms with Crippen LogP contribution in [0.3, 0.4) is 0 Å². The van der Waals surface area contributed by atoms with Crippen LogP contribution in [0.15, 0.2) is 36.9 Å². The fraction of sp³-hybridized carbons (Fsp3) is 0.471. The molecular formula is C17H25ClN2O2. The number of carbonyl (C=O) groups is 1. The third-order valence-corrected chi connectivity index (χ3v) is 3.72. The topological polar surface area (TPSA) is 50.4 Å². The van der Waals surface area contributed by atoms with E-state index in [2.05, 4.69) is 17.2 Å². The summed E-state index contributed by atoms with van der Waals surface area (Å²) in [6, 6.07) is 7.19. The molecule has 4 nitrogen and oxygen atoms in total. The van der Waals surface area contributed by atoms with Gasteiger partial charge in [-0.2, -0.15) is 0 Å². The molecule has 2 N–H and O–H groups in total. The number of carbonyl (C=O) groups excluding carboxylic acids is 1. The van der Waals surface area contributed by atoms with Gasteiger partial charge in [0.2, 0.25) is 0 Å². The maximum atomic E-state index is 12.0. The Labute approximate surface area is 138 Å². The fourth-order valence-corrected chi connectivity index (χ4v) is 2.52. The molecule has 0 bridgehead atoms. The summed E-state index contributed by atoms with van der Waals surface area (Å²) in [6.45, 7) is 7.01. The molecule has 1 atom stereocenters. The van der Waals surface area contributed by atoms with E-state index in [1.165, 1.54) is 12.8 Å². The molecule has 0 aromatic heterocycles. The molecular weight excluding hydrogens is 300 g/mol. The Morgan fingerprint density at radius 2 is 2.18 bits per heavy atom. The van der Waals surface area contributed by atoms with Gasteiger partial charge >= 0.3 is 0 Å². The summed E-state index contributed by atoms with van der Waals surface area (Å²) in [5.41, 5.74) is 0.669. The Morgan fingerprint density at radius 3 is 2.82 bits per heavy atom. The molecule has 5 heteroatoms. The number of hydrogen-bond acceptors (Lipinski definition) is 3. The van der Waals surface area contributed by atoms with Crippen LogP contribution in [0.1, 0.15) is 29.6 Å². The molecule has 0 aliphatic carbocycles. The largest absolute Gasteiger partial charge is 0.490 e. The van der Waals surface area contributed by atoms with Crippen molar-refractivity contribution in [2.24, 2.45) is 5.92 Å². The normalized spacial score (nSPS) is 17.2. The zero-order valence-electron chi connectivity index (χ0n) is 12.8. The van der Waals surface area contributed by atoms with Crippen LogP contribution in [-0.4, -0.2) is 32.1 Å². The van der Waals surface area contributed by atoms with Crippen LogP contribution in [-0.2, 0) is 0 Å². The van der Waals surface area contributed by atoms with Crippen LogP contribution in [0, 0.1) is 5.92 Å². The molecule has 1 saturated heterocycles. The van der Waals surface area contributed by atoms with Crippen LogP contribution in [0.2, 0.25) is 0 Å². The van der Waals surface area contributed by atoms with Gasteiger partial charge in [0.1, 0.15) is 12.4 Å². The van der Waals surface area contributed by atoms with Crippen molar-refractivity contribution < 1.29 is 9.53 Å². The summed E-state index contributed by atoms with van der Waals surface area (Å²) < 4.78 is 5.39. The lowest BCUT2D eigenvalue weighted by atomic mass is 9.96. The zero-order valence-corrected chi connectivity index (χ0v) is 13.7. The van der Waals surface area contributed by atoms with Crippen molar-refractivity contribution in [3.63, 3.8) is 0 Å². The minimum atomic E-state index is -0.0194. The molecule has 1 aliphatic heterocycles. The van der Waals surface area contributed by atoms with Gasteiger partial charge in [-0.15, -0.1) is 12.4 Å². The van der Waals surface area contributed by atoms with Crippen molar-refractivity contribution in [2.45, 2.75) is 19.3 Å². The Kier molecular flexibility index (Phi) is 8.63. The predicted octanol–water partition coefficient (Wildman–Crippen LogP) is 2.79. The average Bonchev–Trinajstić information content (AvgIpc) is 2.54. The van der Waals surface area contributed by atoms with Gasteiger partial charge in [-0.25, -0.2) is 0 Å². The molecule has 1 unspecified atom stereocenters. The van der Waals surface area contributed by atoms with E-state index in [1.807, 2.05) is 12.1 Å². The van der Waals surface area contributed by atoms with E-state index in [0.29, 0.717) is 18.1 Å².